The van der Waals surface area contributed by atoms with Crippen LogP contribution in [-0.2, 0) is 23.8 Å². The Labute approximate surface area is 226 Å². The van der Waals surface area contributed by atoms with Crippen LogP contribution in [0, 0.1) is 0 Å². The number of rotatable bonds is 10. The van der Waals surface area contributed by atoms with Gasteiger partial charge in [-0.3, -0.25) is 4.79 Å². The molecule has 0 aromatic heterocycles. The van der Waals surface area contributed by atoms with Crippen LogP contribution in [0.25, 0.3) is 0 Å². The first kappa shape index (κ1) is 28.8. The number of hydrogen-bond donors (Lipinski definition) is 1. The Kier molecular flexibility index (Phi) is 9.45. The Hall–Kier alpha value is -2.81. The molecular formula is C27H31Cl2NO7. The van der Waals surface area contributed by atoms with E-state index in [-0.39, 0.29) is 30.4 Å². The number of carbonyl (C=O) groups excluding carboxylic acids is 2. The summed E-state index contributed by atoms with van der Waals surface area (Å²) in [7, 11) is 1.25. The Morgan fingerprint density at radius 3 is 2.43 bits per heavy atom. The monoisotopic (exact) mass is 551 g/mol. The highest BCUT2D eigenvalue weighted by Gasteiger charge is 2.55. The first-order chi connectivity index (χ1) is 17.5. The maximum Gasteiger partial charge on any atom is 0.338 e. The van der Waals surface area contributed by atoms with Crippen LogP contribution < -0.4 is 4.74 Å². The van der Waals surface area contributed by atoms with Crippen LogP contribution in [0.2, 0.25) is 10.0 Å². The van der Waals surface area contributed by atoms with Crippen LogP contribution in [0.5, 0.6) is 5.75 Å². The lowest BCUT2D eigenvalue weighted by molar-refractivity contribution is -0.157. The van der Waals surface area contributed by atoms with Crippen LogP contribution in [0.3, 0.4) is 0 Å². The molecule has 0 saturated heterocycles. The number of methoxy groups -OCH3 is 1. The van der Waals surface area contributed by atoms with Gasteiger partial charge in [-0.05, 0) is 63.6 Å². The Morgan fingerprint density at radius 1 is 1.14 bits per heavy atom. The maximum atomic E-state index is 13.3. The summed E-state index contributed by atoms with van der Waals surface area (Å²) in [6, 6.07) is 11.8. The molecule has 3 rings (SSSR count). The smallest absolute Gasteiger partial charge is 0.338 e. The number of esters is 2. The van der Waals surface area contributed by atoms with E-state index in [1.54, 1.807) is 63.2 Å². The summed E-state index contributed by atoms with van der Waals surface area (Å²) >= 11 is 12.6. The van der Waals surface area contributed by atoms with Gasteiger partial charge >= 0.3 is 11.9 Å². The van der Waals surface area contributed by atoms with Crippen LogP contribution in [0.4, 0.5) is 0 Å². The van der Waals surface area contributed by atoms with Gasteiger partial charge in [0.2, 0.25) is 11.4 Å². The van der Waals surface area contributed by atoms with Gasteiger partial charge in [0.05, 0.1) is 13.7 Å². The first-order valence-electron chi connectivity index (χ1n) is 11.8. The summed E-state index contributed by atoms with van der Waals surface area (Å²) in [6.07, 6.45) is -0.612. The molecule has 1 heterocycles. The molecule has 1 aliphatic rings. The molecule has 2 atom stereocenters. The van der Waals surface area contributed by atoms with Crippen LogP contribution >= 0.6 is 23.2 Å². The summed E-state index contributed by atoms with van der Waals surface area (Å²) < 4.78 is 22.5. The second-order valence-corrected chi connectivity index (χ2v) is 10.4. The lowest BCUT2D eigenvalue weighted by Crippen LogP contribution is -2.42. The van der Waals surface area contributed by atoms with E-state index in [1.807, 2.05) is 0 Å². The molecule has 8 nitrogen and oxygen atoms in total. The zero-order chi connectivity index (χ0) is 27.2. The van der Waals surface area contributed by atoms with Gasteiger partial charge in [0.15, 0.2) is 6.10 Å². The maximum absolute atomic E-state index is 13.3. The number of carbonyl (C=O) groups is 2. The van der Waals surface area contributed by atoms with Crippen molar-refractivity contribution in [3.63, 3.8) is 0 Å². The largest absolute Gasteiger partial charge is 0.494 e. The zero-order valence-corrected chi connectivity index (χ0v) is 22.8. The number of nitrogens with zero attached hydrogens (tertiary/aromatic N) is 1. The predicted octanol–water partition coefficient (Wildman–Crippen LogP) is 5.31. The van der Waals surface area contributed by atoms with Crippen molar-refractivity contribution in [1.82, 2.24) is 0 Å². The average Bonchev–Trinajstić information content (AvgIpc) is 3.22. The lowest BCUT2D eigenvalue weighted by atomic mass is 9.84. The molecule has 37 heavy (non-hydrogen) atoms. The van der Waals surface area contributed by atoms with E-state index in [2.05, 4.69) is 0 Å². The number of aliphatic imine (C=N–C) groups is 1. The molecule has 200 valence electrons. The molecule has 0 saturated carbocycles. The molecule has 10 heteroatoms. The number of aliphatic hydroxyl groups is 1. The highest BCUT2D eigenvalue weighted by molar-refractivity contribution is 6.35. The quantitative estimate of drug-likeness (QED) is 0.315. The predicted molar refractivity (Wildman–Crippen MR) is 140 cm³/mol. The highest BCUT2D eigenvalue weighted by Crippen LogP contribution is 2.46. The van der Waals surface area contributed by atoms with Gasteiger partial charge < -0.3 is 24.1 Å². The minimum Gasteiger partial charge on any atom is -0.494 e. The Balaban J connectivity index is 2.01. The van der Waals surface area contributed by atoms with E-state index < -0.39 is 29.2 Å². The van der Waals surface area contributed by atoms with Crippen molar-refractivity contribution in [3.05, 3.63) is 63.6 Å². The molecular weight excluding hydrogens is 521 g/mol. The van der Waals surface area contributed by atoms with E-state index in [4.69, 9.17) is 52.2 Å². The minimum atomic E-state index is -1.60. The third-order valence-corrected chi connectivity index (χ3v) is 6.11. The summed E-state index contributed by atoms with van der Waals surface area (Å²) in [5.74, 6) is -0.361. The van der Waals surface area contributed by atoms with Gasteiger partial charge in [0.25, 0.3) is 0 Å². The number of benzene rings is 2. The van der Waals surface area contributed by atoms with Crippen molar-refractivity contribution < 1.29 is 33.6 Å². The molecule has 0 bridgehead atoms. The second-order valence-electron chi connectivity index (χ2n) is 9.53. The standard InChI is InChI=1S/C27H31Cl2NO7/c1-26(2,3)37-22(32)12-13-27(25(33)34-4)23(20-11-8-18(28)16-21(20)29)36-24(30-27)17-6-9-19(10-7-17)35-15-5-14-31/h6-11,16,23,31H,5,12-15H2,1-4H3/t23-,27-/m1/s1. The minimum absolute atomic E-state index is 0.0376. The summed E-state index contributed by atoms with van der Waals surface area (Å²) in [4.78, 5) is 30.6. The molecule has 0 fully saturated rings. The molecule has 0 spiro atoms. The molecule has 0 radical (unpaired) electrons. The molecule has 0 unspecified atom stereocenters. The van der Waals surface area contributed by atoms with Crippen molar-refractivity contribution in [1.29, 1.82) is 0 Å². The van der Waals surface area contributed by atoms with E-state index in [9.17, 15) is 9.59 Å². The van der Waals surface area contributed by atoms with Crippen molar-refractivity contribution >= 4 is 41.0 Å². The van der Waals surface area contributed by atoms with E-state index in [1.165, 1.54) is 7.11 Å². The Bertz CT molecular complexity index is 1140. The fourth-order valence-electron chi connectivity index (χ4n) is 3.89. The first-order valence-corrected chi connectivity index (χ1v) is 12.6. The van der Waals surface area contributed by atoms with Gasteiger partial charge in [0, 0.05) is 40.6 Å². The number of hydrogen-bond acceptors (Lipinski definition) is 8. The second kappa shape index (κ2) is 12.2. The summed E-state index contributed by atoms with van der Waals surface area (Å²) in [5.41, 5.74) is -1.22. The fraction of sp³-hybridized carbons (Fsp3) is 0.444. The van der Waals surface area contributed by atoms with E-state index >= 15 is 0 Å². The topological polar surface area (TPSA) is 104 Å². The normalized spacial score (nSPS) is 19.1. The van der Waals surface area contributed by atoms with Crippen LogP contribution in [-0.4, -0.2) is 54.4 Å². The number of aliphatic hydroxyl groups excluding tert-OH is 1. The Morgan fingerprint density at radius 2 is 1.84 bits per heavy atom. The van der Waals surface area contributed by atoms with Gasteiger partial charge in [-0.2, -0.15) is 0 Å². The summed E-state index contributed by atoms with van der Waals surface area (Å²) in [6.45, 7) is 5.72. The van der Waals surface area contributed by atoms with Gasteiger partial charge in [-0.1, -0.05) is 29.3 Å². The van der Waals surface area contributed by atoms with Crippen LogP contribution in [0.15, 0.2) is 47.5 Å². The third kappa shape index (κ3) is 7.15. The lowest BCUT2D eigenvalue weighted by Gasteiger charge is -2.30. The van der Waals surface area contributed by atoms with Gasteiger partial charge in [0.1, 0.15) is 11.4 Å². The molecule has 1 aliphatic heterocycles. The molecule has 2 aromatic carbocycles. The highest BCUT2D eigenvalue weighted by atomic mass is 35.5. The van der Waals surface area contributed by atoms with Crippen molar-refractivity contribution in [2.75, 3.05) is 20.3 Å². The van der Waals surface area contributed by atoms with Crippen molar-refractivity contribution in [2.24, 2.45) is 4.99 Å². The number of ether oxygens (including phenoxy) is 4. The van der Waals surface area contributed by atoms with Crippen LogP contribution in [0.1, 0.15) is 57.3 Å². The molecule has 0 aliphatic carbocycles. The summed E-state index contributed by atoms with van der Waals surface area (Å²) in [5, 5.41) is 9.64. The molecule has 1 N–H and O–H groups in total. The van der Waals surface area contributed by atoms with E-state index in [0.717, 1.165) is 0 Å². The van der Waals surface area contributed by atoms with Crippen molar-refractivity contribution in [3.8, 4) is 5.75 Å². The third-order valence-electron chi connectivity index (χ3n) is 5.55. The van der Waals surface area contributed by atoms with E-state index in [0.29, 0.717) is 34.9 Å². The SMILES string of the molecule is COC(=O)[C@]1(CCC(=O)OC(C)(C)C)N=C(c2ccc(OCCCO)cc2)O[C@@H]1c1ccc(Cl)cc1Cl. The average molecular weight is 552 g/mol. The van der Waals surface area contributed by atoms with Gasteiger partial charge in [-0.15, -0.1) is 0 Å². The fourth-order valence-corrected chi connectivity index (χ4v) is 4.40. The zero-order valence-electron chi connectivity index (χ0n) is 21.3. The molecule has 2 aromatic rings. The molecule has 0 amide bonds. The van der Waals surface area contributed by atoms with Crippen molar-refractivity contribution in [2.45, 2.75) is 57.3 Å². The van der Waals surface area contributed by atoms with Gasteiger partial charge in [-0.25, -0.2) is 9.79 Å². The number of halogens is 2.